The molecule has 0 aliphatic carbocycles. The van der Waals surface area contributed by atoms with Gasteiger partial charge in [0.05, 0.1) is 7.11 Å². The zero-order valence-electron chi connectivity index (χ0n) is 14.1. The van der Waals surface area contributed by atoms with Gasteiger partial charge >= 0.3 is 5.97 Å². The lowest BCUT2D eigenvalue weighted by atomic mass is 9.80. The average molecular weight is 272 g/mol. The van der Waals surface area contributed by atoms with Crippen LogP contribution >= 0.6 is 0 Å². The van der Waals surface area contributed by atoms with E-state index in [9.17, 15) is 4.79 Å². The molecule has 19 heavy (non-hydrogen) atoms. The van der Waals surface area contributed by atoms with Crippen molar-refractivity contribution in [3.05, 3.63) is 0 Å². The van der Waals surface area contributed by atoms with Gasteiger partial charge in [0.1, 0.15) is 0 Å². The minimum atomic E-state index is -0.0672. The molecule has 1 unspecified atom stereocenters. The van der Waals surface area contributed by atoms with Crippen molar-refractivity contribution < 1.29 is 9.53 Å². The van der Waals surface area contributed by atoms with Gasteiger partial charge in [-0.1, -0.05) is 66.7 Å². The SMILES string of the molecule is CC.CCCC(CCC)C(CC)CCCC(=O)OC. The van der Waals surface area contributed by atoms with Crippen molar-refractivity contribution in [2.45, 2.75) is 86.0 Å². The van der Waals surface area contributed by atoms with Gasteiger partial charge < -0.3 is 4.74 Å². The molecule has 0 aromatic carbocycles. The van der Waals surface area contributed by atoms with E-state index in [2.05, 4.69) is 25.5 Å². The first-order valence-corrected chi connectivity index (χ1v) is 8.26. The molecule has 0 N–H and O–H groups in total. The molecule has 0 radical (unpaired) electrons. The van der Waals surface area contributed by atoms with Gasteiger partial charge in [0.2, 0.25) is 0 Å². The van der Waals surface area contributed by atoms with Crippen LogP contribution in [0.15, 0.2) is 0 Å². The number of carbonyl (C=O) groups excluding carboxylic acids is 1. The molecule has 0 fully saturated rings. The molecule has 2 heteroatoms. The van der Waals surface area contributed by atoms with E-state index in [0.29, 0.717) is 6.42 Å². The normalized spacial score (nSPS) is 11.7. The Bertz CT molecular complexity index is 184. The predicted octanol–water partition coefficient (Wildman–Crippen LogP) is 5.60. The van der Waals surface area contributed by atoms with E-state index >= 15 is 0 Å². The zero-order valence-corrected chi connectivity index (χ0v) is 14.1. The second kappa shape index (κ2) is 15.5. The molecule has 0 aromatic rings. The van der Waals surface area contributed by atoms with Crippen LogP contribution in [0.5, 0.6) is 0 Å². The molecular formula is C17H36O2. The molecule has 2 nitrogen and oxygen atoms in total. The van der Waals surface area contributed by atoms with Crippen LogP contribution < -0.4 is 0 Å². The highest BCUT2D eigenvalue weighted by atomic mass is 16.5. The van der Waals surface area contributed by atoms with Crippen molar-refractivity contribution >= 4 is 5.97 Å². The number of hydrogen-bond acceptors (Lipinski definition) is 2. The Hall–Kier alpha value is -0.530. The van der Waals surface area contributed by atoms with Gasteiger partial charge in [0, 0.05) is 6.42 Å². The molecule has 0 amide bonds. The second-order valence-electron chi connectivity index (χ2n) is 4.97. The lowest BCUT2D eigenvalue weighted by Crippen LogP contribution is -2.15. The second-order valence-corrected chi connectivity index (χ2v) is 4.97. The maximum atomic E-state index is 11.1. The van der Waals surface area contributed by atoms with Gasteiger partial charge in [-0.2, -0.15) is 0 Å². The van der Waals surface area contributed by atoms with E-state index in [1.54, 1.807) is 0 Å². The summed E-state index contributed by atoms with van der Waals surface area (Å²) in [6.07, 6.45) is 9.21. The van der Waals surface area contributed by atoms with Crippen LogP contribution in [0.4, 0.5) is 0 Å². The number of rotatable bonds is 10. The molecule has 0 bridgehead atoms. The summed E-state index contributed by atoms with van der Waals surface area (Å²) in [5.74, 6) is 1.58. The van der Waals surface area contributed by atoms with E-state index < -0.39 is 0 Å². The Kier molecular flexibility index (Phi) is 17.0. The molecule has 0 aliphatic rings. The predicted molar refractivity (Wildman–Crippen MR) is 84.3 cm³/mol. The average Bonchev–Trinajstić information content (AvgIpc) is 2.45. The van der Waals surface area contributed by atoms with Crippen LogP contribution in [0.25, 0.3) is 0 Å². The molecular weight excluding hydrogens is 236 g/mol. The fourth-order valence-corrected chi connectivity index (χ4v) is 2.74. The van der Waals surface area contributed by atoms with Gasteiger partial charge in [0.25, 0.3) is 0 Å². The highest BCUT2D eigenvalue weighted by molar-refractivity contribution is 5.68. The van der Waals surface area contributed by atoms with Gasteiger partial charge in [-0.3, -0.25) is 4.79 Å². The van der Waals surface area contributed by atoms with Crippen LogP contribution in [0.1, 0.15) is 86.0 Å². The highest BCUT2D eigenvalue weighted by Crippen LogP contribution is 2.29. The van der Waals surface area contributed by atoms with Crippen LogP contribution in [0.3, 0.4) is 0 Å². The summed E-state index contributed by atoms with van der Waals surface area (Å²) < 4.78 is 4.68. The lowest BCUT2D eigenvalue weighted by molar-refractivity contribution is -0.140. The van der Waals surface area contributed by atoms with E-state index in [0.717, 1.165) is 18.3 Å². The summed E-state index contributed by atoms with van der Waals surface area (Å²) in [6, 6.07) is 0. The maximum absolute atomic E-state index is 11.1. The van der Waals surface area contributed by atoms with Gasteiger partial charge in [-0.05, 0) is 24.7 Å². The molecule has 116 valence electrons. The minimum Gasteiger partial charge on any atom is -0.469 e. The van der Waals surface area contributed by atoms with Crippen molar-refractivity contribution in [3.8, 4) is 0 Å². The maximum Gasteiger partial charge on any atom is 0.305 e. The van der Waals surface area contributed by atoms with E-state index in [1.165, 1.54) is 45.6 Å². The highest BCUT2D eigenvalue weighted by Gasteiger charge is 2.18. The molecule has 0 rings (SSSR count). The number of hydrogen-bond donors (Lipinski definition) is 0. The van der Waals surface area contributed by atoms with Crippen molar-refractivity contribution in [1.82, 2.24) is 0 Å². The first-order valence-electron chi connectivity index (χ1n) is 8.26. The van der Waals surface area contributed by atoms with Crippen LogP contribution in [-0.2, 0) is 9.53 Å². The van der Waals surface area contributed by atoms with Crippen molar-refractivity contribution in [2.75, 3.05) is 7.11 Å². The van der Waals surface area contributed by atoms with Crippen molar-refractivity contribution in [3.63, 3.8) is 0 Å². The minimum absolute atomic E-state index is 0.0672. The van der Waals surface area contributed by atoms with E-state index in [1.807, 2.05) is 13.8 Å². The number of ether oxygens (including phenoxy) is 1. The topological polar surface area (TPSA) is 26.3 Å². The van der Waals surface area contributed by atoms with Crippen LogP contribution in [-0.4, -0.2) is 13.1 Å². The van der Waals surface area contributed by atoms with Crippen LogP contribution in [0.2, 0.25) is 0 Å². The number of methoxy groups -OCH3 is 1. The lowest BCUT2D eigenvalue weighted by Gasteiger charge is -2.25. The zero-order chi connectivity index (χ0) is 15.1. The van der Waals surface area contributed by atoms with Gasteiger partial charge in [0.15, 0.2) is 0 Å². The Balaban J connectivity index is 0. The molecule has 0 saturated carbocycles. The molecule has 0 aliphatic heterocycles. The summed E-state index contributed by atoms with van der Waals surface area (Å²) in [7, 11) is 1.47. The number of carbonyl (C=O) groups is 1. The van der Waals surface area contributed by atoms with Crippen molar-refractivity contribution in [1.29, 1.82) is 0 Å². The smallest absolute Gasteiger partial charge is 0.305 e. The standard InChI is InChI=1S/C15H30O2.C2H6/c1-5-9-14(10-6-2)13(7-3)11-8-12-15(16)17-4;1-2/h13-14H,5-12H2,1-4H3;1-2H3. The Morgan fingerprint density at radius 1 is 0.947 bits per heavy atom. The molecule has 0 spiro atoms. The molecule has 0 saturated heterocycles. The molecule has 0 aromatic heterocycles. The quantitative estimate of drug-likeness (QED) is 0.484. The third-order valence-electron chi connectivity index (χ3n) is 3.69. The molecule has 1 atom stereocenters. The van der Waals surface area contributed by atoms with E-state index in [4.69, 9.17) is 0 Å². The largest absolute Gasteiger partial charge is 0.469 e. The third kappa shape index (κ3) is 11.0. The third-order valence-corrected chi connectivity index (χ3v) is 3.69. The number of esters is 1. The summed E-state index contributed by atoms with van der Waals surface area (Å²) in [4.78, 5) is 11.1. The molecule has 0 heterocycles. The Labute approximate surface area is 121 Å². The Morgan fingerprint density at radius 3 is 1.84 bits per heavy atom. The summed E-state index contributed by atoms with van der Waals surface area (Å²) >= 11 is 0. The van der Waals surface area contributed by atoms with Crippen molar-refractivity contribution in [2.24, 2.45) is 11.8 Å². The first-order chi connectivity index (χ1) is 9.19. The summed E-state index contributed by atoms with van der Waals surface area (Å²) in [5.41, 5.74) is 0. The monoisotopic (exact) mass is 272 g/mol. The Morgan fingerprint density at radius 2 is 1.47 bits per heavy atom. The first kappa shape index (κ1) is 20.8. The van der Waals surface area contributed by atoms with Gasteiger partial charge in [-0.25, -0.2) is 0 Å². The van der Waals surface area contributed by atoms with Gasteiger partial charge in [-0.15, -0.1) is 0 Å². The van der Waals surface area contributed by atoms with Crippen LogP contribution in [0, 0.1) is 11.8 Å². The van der Waals surface area contributed by atoms with E-state index in [-0.39, 0.29) is 5.97 Å². The fourth-order valence-electron chi connectivity index (χ4n) is 2.74. The summed E-state index contributed by atoms with van der Waals surface area (Å²) in [5, 5.41) is 0. The summed E-state index contributed by atoms with van der Waals surface area (Å²) in [6.45, 7) is 10.8. The fraction of sp³-hybridized carbons (Fsp3) is 0.941.